The molecule has 2 aromatic rings. The third-order valence-corrected chi connectivity index (χ3v) is 3.44. The van der Waals surface area contributed by atoms with E-state index < -0.39 is 0 Å². The summed E-state index contributed by atoms with van der Waals surface area (Å²) >= 11 is 0. The van der Waals surface area contributed by atoms with E-state index in [4.69, 9.17) is 4.74 Å². The van der Waals surface area contributed by atoms with E-state index in [9.17, 15) is 0 Å². The second-order valence-corrected chi connectivity index (χ2v) is 5.46. The van der Waals surface area contributed by atoms with Crippen molar-refractivity contribution in [1.29, 1.82) is 0 Å². The molecule has 114 valence electrons. The standard InChI is InChI=1S/C20H23NO/c1-4-8-20(17-9-6-5-7-10-17)18-11-13-19(14-12-18)22-16-15-21(2)3/h5-7,9-14,20H,15-16H2,1-3H3. The Balaban J connectivity index is 2.11. The first-order chi connectivity index (χ1) is 10.7. The number of ether oxygens (including phenoxy) is 1. The lowest BCUT2D eigenvalue weighted by molar-refractivity contribution is 0.261. The second-order valence-electron chi connectivity index (χ2n) is 5.46. The summed E-state index contributed by atoms with van der Waals surface area (Å²) in [6, 6.07) is 18.6. The van der Waals surface area contributed by atoms with E-state index in [0.29, 0.717) is 6.61 Å². The van der Waals surface area contributed by atoms with Crippen molar-refractivity contribution in [2.24, 2.45) is 0 Å². The van der Waals surface area contributed by atoms with Gasteiger partial charge in [0.15, 0.2) is 0 Å². The Kier molecular flexibility index (Phi) is 6.06. The molecule has 0 heterocycles. The largest absolute Gasteiger partial charge is 0.492 e. The molecule has 2 aromatic carbocycles. The summed E-state index contributed by atoms with van der Waals surface area (Å²) in [6.07, 6.45) is 0. The van der Waals surface area contributed by atoms with Crippen LogP contribution in [0.25, 0.3) is 0 Å². The Labute approximate surface area is 133 Å². The highest BCUT2D eigenvalue weighted by molar-refractivity contribution is 5.42. The highest BCUT2D eigenvalue weighted by Gasteiger charge is 2.11. The van der Waals surface area contributed by atoms with Crippen molar-refractivity contribution in [3.05, 3.63) is 65.7 Å². The minimum absolute atomic E-state index is 0.113. The molecule has 0 spiro atoms. The molecule has 1 unspecified atom stereocenters. The molecular formula is C20H23NO. The van der Waals surface area contributed by atoms with Crippen LogP contribution >= 0.6 is 0 Å². The van der Waals surface area contributed by atoms with Gasteiger partial charge in [-0.15, -0.1) is 5.92 Å². The van der Waals surface area contributed by atoms with Crippen LogP contribution < -0.4 is 4.74 Å². The number of rotatable bonds is 6. The second kappa shape index (κ2) is 8.26. The molecule has 2 rings (SSSR count). The predicted octanol–water partition coefficient (Wildman–Crippen LogP) is 3.78. The van der Waals surface area contributed by atoms with Crippen LogP contribution in [0, 0.1) is 11.8 Å². The van der Waals surface area contributed by atoms with Crippen molar-refractivity contribution in [2.75, 3.05) is 27.2 Å². The summed E-state index contributed by atoms with van der Waals surface area (Å²) in [5.41, 5.74) is 2.42. The Morgan fingerprint density at radius 2 is 1.59 bits per heavy atom. The molecule has 0 bridgehead atoms. The van der Waals surface area contributed by atoms with E-state index in [2.05, 4.69) is 53.1 Å². The number of hydrogen-bond acceptors (Lipinski definition) is 2. The van der Waals surface area contributed by atoms with Crippen molar-refractivity contribution >= 4 is 0 Å². The van der Waals surface area contributed by atoms with Crippen molar-refractivity contribution in [3.63, 3.8) is 0 Å². The van der Waals surface area contributed by atoms with Gasteiger partial charge in [0.1, 0.15) is 12.4 Å². The molecule has 22 heavy (non-hydrogen) atoms. The summed E-state index contributed by atoms with van der Waals surface area (Å²) in [5.74, 6) is 7.35. The fourth-order valence-electron chi connectivity index (χ4n) is 2.25. The van der Waals surface area contributed by atoms with Gasteiger partial charge in [0.05, 0.1) is 5.92 Å². The fourth-order valence-corrected chi connectivity index (χ4v) is 2.25. The topological polar surface area (TPSA) is 12.5 Å². The normalized spacial score (nSPS) is 11.6. The lowest BCUT2D eigenvalue weighted by atomic mass is 9.92. The summed E-state index contributed by atoms with van der Waals surface area (Å²) in [6.45, 7) is 3.49. The third kappa shape index (κ3) is 4.65. The highest BCUT2D eigenvalue weighted by atomic mass is 16.5. The Hall–Kier alpha value is -2.24. The highest BCUT2D eigenvalue weighted by Crippen LogP contribution is 2.25. The maximum atomic E-state index is 5.74. The van der Waals surface area contributed by atoms with E-state index in [1.165, 1.54) is 11.1 Å². The van der Waals surface area contributed by atoms with Crippen LogP contribution in [0.5, 0.6) is 5.75 Å². The molecule has 2 heteroatoms. The number of benzene rings is 2. The van der Waals surface area contributed by atoms with Crippen LogP contribution in [0.1, 0.15) is 24.0 Å². The minimum Gasteiger partial charge on any atom is -0.492 e. The number of likely N-dealkylation sites (N-methyl/N-ethyl adjacent to an activating group) is 1. The molecule has 0 aromatic heterocycles. The van der Waals surface area contributed by atoms with Crippen LogP contribution in [0.15, 0.2) is 54.6 Å². The molecule has 0 saturated carbocycles. The van der Waals surface area contributed by atoms with Gasteiger partial charge in [-0.25, -0.2) is 0 Å². The van der Waals surface area contributed by atoms with Gasteiger partial charge < -0.3 is 9.64 Å². The molecule has 1 atom stereocenters. The Morgan fingerprint density at radius 1 is 0.955 bits per heavy atom. The smallest absolute Gasteiger partial charge is 0.119 e. The van der Waals surface area contributed by atoms with Gasteiger partial charge in [0, 0.05) is 6.54 Å². The summed E-state index contributed by atoms with van der Waals surface area (Å²) in [4.78, 5) is 2.11. The quantitative estimate of drug-likeness (QED) is 0.752. The van der Waals surface area contributed by atoms with Crippen molar-refractivity contribution in [2.45, 2.75) is 12.8 Å². The number of nitrogens with zero attached hydrogens (tertiary/aromatic N) is 1. The van der Waals surface area contributed by atoms with Crippen molar-refractivity contribution in [1.82, 2.24) is 4.90 Å². The van der Waals surface area contributed by atoms with E-state index in [-0.39, 0.29) is 5.92 Å². The first-order valence-corrected chi connectivity index (χ1v) is 7.55. The van der Waals surface area contributed by atoms with E-state index in [1.54, 1.807) is 0 Å². The third-order valence-electron chi connectivity index (χ3n) is 3.44. The summed E-state index contributed by atoms with van der Waals surface area (Å²) in [5, 5.41) is 0. The van der Waals surface area contributed by atoms with Crippen LogP contribution in [-0.4, -0.2) is 32.1 Å². The summed E-state index contributed by atoms with van der Waals surface area (Å²) in [7, 11) is 4.08. The van der Waals surface area contributed by atoms with Crippen molar-refractivity contribution < 1.29 is 4.74 Å². The zero-order valence-electron chi connectivity index (χ0n) is 13.5. The Bertz CT molecular complexity index is 620. The predicted molar refractivity (Wildman–Crippen MR) is 92.2 cm³/mol. The average Bonchev–Trinajstić information content (AvgIpc) is 2.54. The van der Waals surface area contributed by atoms with Gasteiger partial charge in [0.25, 0.3) is 0 Å². The SMILES string of the molecule is CC#CC(c1ccccc1)c1ccc(OCCN(C)C)cc1. The van der Waals surface area contributed by atoms with E-state index in [1.807, 2.05) is 39.2 Å². The van der Waals surface area contributed by atoms with Gasteiger partial charge in [-0.1, -0.05) is 48.4 Å². The Morgan fingerprint density at radius 3 is 2.18 bits per heavy atom. The molecule has 0 aliphatic carbocycles. The van der Waals surface area contributed by atoms with Gasteiger partial charge in [0.2, 0.25) is 0 Å². The molecule has 0 fully saturated rings. The molecular weight excluding hydrogens is 270 g/mol. The fraction of sp³-hybridized carbons (Fsp3) is 0.300. The number of hydrogen-bond donors (Lipinski definition) is 0. The van der Waals surface area contributed by atoms with Gasteiger partial charge in [-0.3, -0.25) is 0 Å². The minimum atomic E-state index is 0.113. The zero-order chi connectivity index (χ0) is 15.8. The maximum absolute atomic E-state index is 5.74. The van der Waals surface area contributed by atoms with Crippen molar-refractivity contribution in [3.8, 4) is 17.6 Å². The monoisotopic (exact) mass is 293 g/mol. The molecule has 0 radical (unpaired) electrons. The first-order valence-electron chi connectivity index (χ1n) is 7.55. The molecule has 2 nitrogen and oxygen atoms in total. The van der Waals surface area contributed by atoms with Crippen LogP contribution in [-0.2, 0) is 0 Å². The van der Waals surface area contributed by atoms with E-state index >= 15 is 0 Å². The average molecular weight is 293 g/mol. The molecule has 0 amide bonds. The van der Waals surface area contributed by atoms with Gasteiger partial charge in [-0.05, 0) is 44.3 Å². The van der Waals surface area contributed by atoms with Crippen LogP contribution in [0.2, 0.25) is 0 Å². The summed E-state index contributed by atoms with van der Waals surface area (Å²) < 4.78 is 5.74. The van der Waals surface area contributed by atoms with Gasteiger partial charge >= 0.3 is 0 Å². The van der Waals surface area contributed by atoms with Crippen LogP contribution in [0.3, 0.4) is 0 Å². The molecule has 0 aliphatic heterocycles. The molecule has 0 saturated heterocycles. The van der Waals surface area contributed by atoms with E-state index in [0.717, 1.165) is 12.3 Å². The lowest BCUT2D eigenvalue weighted by Gasteiger charge is -2.14. The molecule has 0 N–H and O–H groups in total. The van der Waals surface area contributed by atoms with Gasteiger partial charge in [-0.2, -0.15) is 0 Å². The molecule has 0 aliphatic rings. The maximum Gasteiger partial charge on any atom is 0.119 e. The zero-order valence-corrected chi connectivity index (χ0v) is 13.5. The lowest BCUT2D eigenvalue weighted by Crippen LogP contribution is -2.19. The van der Waals surface area contributed by atoms with Crippen LogP contribution in [0.4, 0.5) is 0 Å². The first kappa shape index (κ1) is 16.1.